The number of carbonyl (C=O) groups is 1. The van der Waals surface area contributed by atoms with Crippen LogP contribution in [0.15, 0.2) is 76.5 Å². The molecule has 8 heteroatoms. The Kier molecular flexibility index (Phi) is 8.32. The number of hydrogen-bond acceptors (Lipinski definition) is 6. The van der Waals surface area contributed by atoms with Crippen LogP contribution in [0.5, 0.6) is 0 Å². The van der Waals surface area contributed by atoms with Gasteiger partial charge < -0.3 is 14.6 Å². The fourth-order valence-corrected chi connectivity index (χ4v) is 3.67. The smallest absolute Gasteiger partial charge is 0.336 e. The van der Waals surface area contributed by atoms with E-state index in [1.165, 1.54) is 18.2 Å². The molecular formula is C22H25NO6S. The molecule has 2 aromatic rings. The summed E-state index contributed by atoms with van der Waals surface area (Å²) in [6.45, 7) is 6.98. The number of aliphatic hydroxyl groups is 1. The van der Waals surface area contributed by atoms with Crippen molar-refractivity contribution in [3.8, 4) is 0 Å². The molecule has 0 saturated heterocycles. The van der Waals surface area contributed by atoms with Crippen molar-refractivity contribution in [3.63, 3.8) is 0 Å². The van der Waals surface area contributed by atoms with Gasteiger partial charge >= 0.3 is 5.97 Å². The van der Waals surface area contributed by atoms with Gasteiger partial charge in [0.1, 0.15) is 6.61 Å². The van der Waals surface area contributed by atoms with Crippen LogP contribution < -0.4 is 0 Å². The van der Waals surface area contributed by atoms with Crippen molar-refractivity contribution < 1.29 is 27.8 Å². The van der Waals surface area contributed by atoms with Crippen LogP contribution in [0.1, 0.15) is 24.0 Å². The number of aliphatic hydroxyl groups excluding tert-OH is 1. The topological polar surface area (TPSA) is 102 Å². The summed E-state index contributed by atoms with van der Waals surface area (Å²) in [5.74, 6) is -2.43. The number of carbonyl (C=O) groups excluding carboxylic acids is 1. The Morgan fingerprint density at radius 3 is 2.33 bits per heavy atom. The lowest BCUT2D eigenvalue weighted by Crippen LogP contribution is -2.36. The van der Waals surface area contributed by atoms with Crippen molar-refractivity contribution in [2.24, 2.45) is 4.40 Å². The standard InChI is InChI=1S/C22H25NO6S/c1-4-15-29-21(23-30(26,27)18-13-11-16(3)12-14-18)19(17-9-7-6-8-10-17)20(24)22(25)28-5-2/h4,6-14,19-20,24H,1,5,15H2,2-3H3/b23-21-. The van der Waals surface area contributed by atoms with Gasteiger partial charge in [-0.1, -0.05) is 60.7 Å². The third-order valence-electron chi connectivity index (χ3n) is 4.15. The molecule has 2 unspecified atom stereocenters. The molecule has 0 aliphatic rings. The number of sulfonamides is 1. The molecule has 0 radical (unpaired) electrons. The predicted octanol–water partition coefficient (Wildman–Crippen LogP) is 2.99. The fourth-order valence-electron chi connectivity index (χ4n) is 2.68. The molecule has 0 aliphatic heterocycles. The van der Waals surface area contributed by atoms with Crippen molar-refractivity contribution in [3.05, 3.63) is 78.4 Å². The Morgan fingerprint density at radius 1 is 1.13 bits per heavy atom. The molecule has 0 saturated carbocycles. The first-order valence-electron chi connectivity index (χ1n) is 9.35. The number of ether oxygens (including phenoxy) is 2. The van der Waals surface area contributed by atoms with Gasteiger partial charge in [-0.3, -0.25) is 0 Å². The van der Waals surface area contributed by atoms with Gasteiger partial charge in [0.15, 0.2) is 6.10 Å². The lowest BCUT2D eigenvalue weighted by Gasteiger charge is -2.23. The van der Waals surface area contributed by atoms with E-state index in [2.05, 4.69) is 11.0 Å². The van der Waals surface area contributed by atoms with Crippen LogP contribution >= 0.6 is 0 Å². The van der Waals surface area contributed by atoms with Crippen LogP contribution in [0.2, 0.25) is 0 Å². The molecule has 2 atom stereocenters. The number of benzene rings is 2. The second-order valence-electron chi connectivity index (χ2n) is 6.40. The highest BCUT2D eigenvalue weighted by Crippen LogP contribution is 2.26. The van der Waals surface area contributed by atoms with E-state index in [0.29, 0.717) is 5.56 Å². The minimum Gasteiger partial charge on any atom is -0.475 e. The van der Waals surface area contributed by atoms with Crippen molar-refractivity contribution in [2.45, 2.75) is 30.8 Å². The number of esters is 1. The highest BCUT2D eigenvalue weighted by Gasteiger charge is 2.35. The Labute approximate surface area is 176 Å². The molecule has 160 valence electrons. The van der Waals surface area contributed by atoms with Gasteiger partial charge in [-0.2, -0.15) is 8.42 Å². The minimum atomic E-state index is -4.17. The summed E-state index contributed by atoms with van der Waals surface area (Å²) in [5.41, 5.74) is 1.33. The lowest BCUT2D eigenvalue weighted by atomic mass is 9.93. The van der Waals surface area contributed by atoms with Crippen LogP contribution in [0.3, 0.4) is 0 Å². The monoisotopic (exact) mass is 431 g/mol. The van der Waals surface area contributed by atoms with E-state index in [1.807, 2.05) is 6.92 Å². The van der Waals surface area contributed by atoms with Gasteiger partial charge in [0.2, 0.25) is 5.90 Å². The van der Waals surface area contributed by atoms with Gasteiger partial charge in [0.05, 0.1) is 17.4 Å². The minimum absolute atomic E-state index is 0.0368. The highest BCUT2D eigenvalue weighted by atomic mass is 32.2. The molecule has 1 N–H and O–H groups in total. The molecule has 0 aliphatic carbocycles. The van der Waals surface area contributed by atoms with Crippen LogP contribution in [-0.2, 0) is 24.3 Å². The molecule has 0 heterocycles. The van der Waals surface area contributed by atoms with Gasteiger partial charge in [-0.25, -0.2) is 4.79 Å². The van der Waals surface area contributed by atoms with Crippen molar-refractivity contribution >= 4 is 21.9 Å². The highest BCUT2D eigenvalue weighted by molar-refractivity contribution is 7.90. The Balaban J connectivity index is 2.59. The van der Waals surface area contributed by atoms with Crippen molar-refractivity contribution in [1.29, 1.82) is 0 Å². The molecule has 7 nitrogen and oxygen atoms in total. The van der Waals surface area contributed by atoms with E-state index in [0.717, 1.165) is 5.56 Å². The third-order valence-corrected chi connectivity index (χ3v) is 5.43. The van der Waals surface area contributed by atoms with E-state index in [-0.39, 0.29) is 24.0 Å². The average Bonchev–Trinajstić information content (AvgIpc) is 2.73. The molecular weight excluding hydrogens is 406 g/mol. The number of aryl methyl sites for hydroxylation is 1. The second-order valence-corrected chi connectivity index (χ2v) is 8.01. The summed E-state index contributed by atoms with van der Waals surface area (Å²) >= 11 is 0. The molecule has 0 aromatic heterocycles. The first kappa shape index (κ1) is 23.3. The summed E-state index contributed by atoms with van der Waals surface area (Å²) in [5, 5.41) is 10.7. The van der Waals surface area contributed by atoms with Gasteiger partial charge in [-0.15, -0.1) is 4.40 Å². The van der Waals surface area contributed by atoms with Crippen molar-refractivity contribution in [1.82, 2.24) is 0 Å². The van der Waals surface area contributed by atoms with E-state index < -0.39 is 28.0 Å². The van der Waals surface area contributed by atoms with E-state index >= 15 is 0 Å². The largest absolute Gasteiger partial charge is 0.475 e. The zero-order chi connectivity index (χ0) is 22.1. The molecule has 0 fully saturated rings. The normalized spacial score (nSPS) is 13.9. The Bertz CT molecular complexity index is 984. The first-order chi connectivity index (χ1) is 14.3. The summed E-state index contributed by atoms with van der Waals surface area (Å²) in [6, 6.07) is 14.6. The molecule has 0 amide bonds. The molecule has 2 rings (SSSR count). The molecule has 0 bridgehead atoms. The molecule has 0 spiro atoms. The number of hydrogen-bond donors (Lipinski definition) is 1. The molecule has 30 heavy (non-hydrogen) atoms. The summed E-state index contributed by atoms with van der Waals surface area (Å²) < 4.78 is 40.0. The zero-order valence-electron chi connectivity index (χ0n) is 16.9. The third kappa shape index (κ3) is 6.01. The maximum Gasteiger partial charge on any atom is 0.336 e. The van der Waals surface area contributed by atoms with Gasteiger partial charge in [-0.05, 0) is 31.5 Å². The predicted molar refractivity (Wildman–Crippen MR) is 114 cm³/mol. The quantitative estimate of drug-likeness (QED) is 0.283. The number of nitrogens with zero attached hydrogens (tertiary/aromatic N) is 1. The molecule has 2 aromatic carbocycles. The number of rotatable bonds is 9. The Morgan fingerprint density at radius 2 is 1.77 bits per heavy atom. The van der Waals surface area contributed by atoms with Crippen LogP contribution in [0.4, 0.5) is 0 Å². The fraction of sp³-hybridized carbons (Fsp3) is 0.273. The van der Waals surface area contributed by atoms with Gasteiger partial charge in [0, 0.05) is 0 Å². The first-order valence-corrected chi connectivity index (χ1v) is 10.8. The summed E-state index contributed by atoms with van der Waals surface area (Å²) in [7, 11) is -4.17. The van der Waals surface area contributed by atoms with Crippen molar-refractivity contribution in [2.75, 3.05) is 13.2 Å². The summed E-state index contributed by atoms with van der Waals surface area (Å²) in [4.78, 5) is 12.2. The van der Waals surface area contributed by atoms with Crippen LogP contribution in [0.25, 0.3) is 0 Å². The van der Waals surface area contributed by atoms with Gasteiger partial charge in [0.25, 0.3) is 10.0 Å². The SMILES string of the molecule is C=CCO/C(=N\S(=O)(=O)c1ccc(C)cc1)C(c1ccccc1)C(O)C(=O)OCC. The zero-order valence-corrected chi connectivity index (χ0v) is 17.7. The summed E-state index contributed by atoms with van der Waals surface area (Å²) in [6.07, 6.45) is -0.309. The van der Waals surface area contributed by atoms with Crippen LogP contribution in [0, 0.1) is 6.92 Å². The lowest BCUT2D eigenvalue weighted by molar-refractivity contribution is -0.153. The maximum absolute atomic E-state index is 12.9. The second kappa shape index (κ2) is 10.7. The van der Waals surface area contributed by atoms with Crippen LogP contribution in [-0.4, -0.2) is 44.7 Å². The average molecular weight is 432 g/mol. The van der Waals surface area contributed by atoms with E-state index in [1.54, 1.807) is 49.4 Å². The van der Waals surface area contributed by atoms with E-state index in [4.69, 9.17) is 9.47 Å². The Hall–Kier alpha value is -2.97. The maximum atomic E-state index is 12.9. The van der Waals surface area contributed by atoms with E-state index in [9.17, 15) is 18.3 Å².